The third-order valence-corrected chi connectivity index (χ3v) is 1.85. The minimum absolute atomic E-state index is 0.396. The third kappa shape index (κ3) is 7.86. The fourth-order valence-corrected chi connectivity index (χ4v) is 0.941. The Hall–Kier alpha value is -0.770. The first-order valence-corrected chi connectivity index (χ1v) is 5.06. The molecule has 4 heteroatoms. The molecule has 1 rings (SSSR count). The van der Waals surface area contributed by atoms with Crippen LogP contribution in [0.15, 0.2) is 30.3 Å². The summed E-state index contributed by atoms with van der Waals surface area (Å²) in [5, 5.41) is 0.952. The summed E-state index contributed by atoms with van der Waals surface area (Å²) in [5.74, 6) is -3.14. The molecule has 0 saturated heterocycles. The smallest absolute Gasteiger partial charge is 0.297 e. The van der Waals surface area contributed by atoms with Crippen LogP contribution in [0.5, 0.6) is 0 Å². The van der Waals surface area contributed by atoms with E-state index in [1.54, 1.807) is 0 Å². The lowest BCUT2D eigenvalue weighted by Crippen LogP contribution is -2.09. The Morgan fingerprint density at radius 1 is 1.36 bits per heavy atom. The van der Waals surface area contributed by atoms with Gasteiger partial charge in [-0.15, -0.1) is 0 Å². The number of hydrogen-bond acceptors (Lipinski definition) is 1. The Labute approximate surface area is 90.3 Å². The fraction of sp³-hybridized carbons (Fsp3) is 0.300. The van der Waals surface area contributed by atoms with Crippen molar-refractivity contribution in [2.45, 2.75) is 18.2 Å². The molecule has 0 bridgehead atoms. The maximum Gasteiger partial charge on any atom is 0.299 e. The van der Waals surface area contributed by atoms with E-state index < -0.39 is 12.2 Å². The van der Waals surface area contributed by atoms with Gasteiger partial charge in [-0.05, 0) is 5.56 Å². The predicted octanol–water partition coefficient (Wildman–Crippen LogP) is 3.42. The predicted molar refractivity (Wildman–Crippen MR) is 55.8 cm³/mol. The van der Waals surface area contributed by atoms with Gasteiger partial charge >= 0.3 is 0 Å². The first-order valence-electron chi connectivity index (χ1n) is 3.93. The van der Waals surface area contributed by atoms with Crippen molar-refractivity contribution in [2.75, 3.05) is 0 Å². The molecule has 0 heterocycles. The van der Waals surface area contributed by atoms with E-state index in [1.165, 1.54) is 5.56 Å². The van der Waals surface area contributed by atoms with Gasteiger partial charge < -0.3 is 0 Å². The molecule has 0 amide bonds. The van der Waals surface area contributed by atoms with E-state index in [0.717, 1.165) is 5.33 Å². The molecule has 0 aromatic heterocycles. The van der Waals surface area contributed by atoms with Crippen LogP contribution in [0.3, 0.4) is 0 Å². The quantitative estimate of drug-likeness (QED) is 0.591. The Morgan fingerprint density at radius 2 is 1.79 bits per heavy atom. The average molecular weight is 265 g/mol. The lowest BCUT2D eigenvalue weighted by molar-refractivity contribution is -0.126. The molecule has 78 valence electrons. The van der Waals surface area contributed by atoms with E-state index in [9.17, 15) is 8.78 Å². The van der Waals surface area contributed by atoms with E-state index in [-0.39, 0.29) is 0 Å². The Bertz CT molecular complexity index is 257. The van der Waals surface area contributed by atoms with Crippen molar-refractivity contribution >= 4 is 22.2 Å². The van der Waals surface area contributed by atoms with E-state index in [2.05, 4.69) is 28.1 Å². The Kier molecular flexibility index (Phi) is 6.28. The molecule has 0 aliphatic heterocycles. The third-order valence-electron chi connectivity index (χ3n) is 1.20. The molecule has 1 nitrogen and oxygen atoms in total. The van der Waals surface area contributed by atoms with Crippen LogP contribution in [0.2, 0.25) is 0 Å². The highest BCUT2D eigenvalue weighted by atomic mass is 79.9. The molecule has 0 radical (unpaired) electrons. The lowest BCUT2D eigenvalue weighted by Gasteiger charge is -1.93. The van der Waals surface area contributed by atoms with Crippen LogP contribution in [0.4, 0.5) is 8.78 Å². The van der Waals surface area contributed by atoms with Gasteiger partial charge in [0, 0.05) is 12.3 Å². The molecule has 14 heavy (non-hydrogen) atoms. The minimum Gasteiger partial charge on any atom is -0.297 e. The summed E-state index contributed by atoms with van der Waals surface area (Å²) in [7, 11) is 0. The van der Waals surface area contributed by atoms with Crippen molar-refractivity contribution in [2.24, 2.45) is 0 Å². The van der Waals surface area contributed by atoms with E-state index in [1.807, 2.05) is 18.2 Å². The molecule has 0 spiro atoms. The van der Waals surface area contributed by atoms with Gasteiger partial charge in [0.1, 0.15) is 0 Å². The summed E-state index contributed by atoms with van der Waals surface area (Å²) in [4.78, 5) is 9.08. The normalized spacial score (nSPS) is 10.0. The van der Waals surface area contributed by atoms with Crippen LogP contribution >= 0.6 is 15.9 Å². The van der Waals surface area contributed by atoms with Crippen molar-refractivity contribution < 1.29 is 13.6 Å². The largest absolute Gasteiger partial charge is 0.299 e. The van der Waals surface area contributed by atoms with Gasteiger partial charge in [-0.1, -0.05) is 46.3 Å². The first kappa shape index (κ1) is 13.2. The second kappa shape index (κ2) is 6.65. The molecular weight excluding hydrogens is 254 g/mol. The number of halogens is 3. The van der Waals surface area contributed by atoms with Crippen molar-refractivity contribution in [1.82, 2.24) is 0 Å². The zero-order valence-electron chi connectivity index (χ0n) is 7.71. The van der Waals surface area contributed by atoms with Crippen LogP contribution in [-0.4, -0.2) is 12.2 Å². The summed E-state index contributed by atoms with van der Waals surface area (Å²) >= 11 is 3.36. The van der Waals surface area contributed by atoms with Crippen LogP contribution < -0.4 is 0 Å². The summed E-state index contributed by atoms with van der Waals surface area (Å²) < 4.78 is 22.2. The summed E-state index contributed by atoms with van der Waals surface area (Å²) in [6.07, 6.45) is -0.396. The van der Waals surface area contributed by atoms with Crippen molar-refractivity contribution in [3.05, 3.63) is 35.9 Å². The second-order valence-corrected chi connectivity index (χ2v) is 3.25. The standard InChI is InChI=1S/C7H7Br.C3H4F2O/c8-6-7-4-2-1-3-5-7;1-3(4,5)2-6/h1-5H,6H2;2H,1H3. The maximum absolute atomic E-state index is 11.1. The van der Waals surface area contributed by atoms with Gasteiger partial charge in [0.05, 0.1) is 0 Å². The summed E-state index contributed by atoms with van der Waals surface area (Å²) in [5.41, 5.74) is 1.33. The average Bonchev–Trinajstić information content (AvgIpc) is 2.19. The van der Waals surface area contributed by atoms with Gasteiger partial charge in [-0.3, -0.25) is 4.79 Å². The highest BCUT2D eigenvalue weighted by Crippen LogP contribution is 2.04. The number of carbonyl (C=O) groups is 1. The molecule has 0 fully saturated rings. The Morgan fingerprint density at radius 3 is 2.00 bits per heavy atom. The van der Waals surface area contributed by atoms with Gasteiger partial charge in [0.15, 0.2) is 6.29 Å². The maximum atomic E-state index is 11.1. The monoisotopic (exact) mass is 264 g/mol. The fourth-order valence-electron chi connectivity index (χ4n) is 0.567. The lowest BCUT2D eigenvalue weighted by atomic mass is 10.2. The SMILES string of the molecule is BrCc1ccccc1.CC(F)(F)C=O. The molecule has 0 aliphatic carbocycles. The molecule has 0 atom stereocenters. The van der Waals surface area contributed by atoms with Crippen LogP contribution in [0.25, 0.3) is 0 Å². The molecule has 0 saturated carbocycles. The zero-order valence-corrected chi connectivity index (χ0v) is 9.30. The van der Waals surface area contributed by atoms with Gasteiger partial charge in [0.25, 0.3) is 5.92 Å². The number of carbonyl (C=O) groups excluding carboxylic acids is 1. The summed E-state index contributed by atoms with van der Waals surface area (Å²) in [6, 6.07) is 10.3. The topological polar surface area (TPSA) is 17.1 Å². The van der Waals surface area contributed by atoms with Crippen molar-refractivity contribution in [1.29, 1.82) is 0 Å². The minimum atomic E-state index is -3.14. The number of hydrogen-bond donors (Lipinski definition) is 0. The highest BCUT2D eigenvalue weighted by molar-refractivity contribution is 9.08. The number of rotatable bonds is 2. The number of benzene rings is 1. The molecule has 0 aliphatic rings. The first-order chi connectivity index (χ1) is 6.49. The second-order valence-electron chi connectivity index (χ2n) is 2.69. The molecule has 1 aromatic rings. The number of alkyl halides is 3. The summed E-state index contributed by atoms with van der Waals surface area (Å²) in [6.45, 7) is 0.542. The zero-order chi connectivity index (χ0) is 11.0. The van der Waals surface area contributed by atoms with Crippen LogP contribution in [-0.2, 0) is 10.1 Å². The molecular formula is C10H11BrF2O. The number of aldehydes is 1. The van der Waals surface area contributed by atoms with E-state index in [4.69, 9.17) is 4.79 Å². The van der Waals surface area contributed by atoms with Crippen molar-refractivity contribution in [3.8, 4) is 0 Å². The van der Waals surface area contributed by atoms with Gasteiger partial charge in [-0.25, -0.2) is 0 Å². The molecule has 0 unspecified atom stereocenters. The van der Waals surface area contributed by atoms with Crippen molar-refractivity contribution in [3.63, 3.8) is 0 Å². The highest BCUT2D eigenvalue weighted by Gasteiger charge is 2.17. The Balaban J connectivity index is 0.000000255. The van der Waals surface area contributed by atoms with Gasteiger partial charge in [0.2, 0.25) is 0 Å². The van der Waals surface area contributed by atoms with Crippen LogP contribution in [0, 0.1) is 0 Å². The molecule has 1 aromatic carbocycles. The van der Waals surface area contributed by atoms with Crippen LogP contribution in [0.1, 0.15) is 12.5 Å². The van der Waals surface area contributed by atoms with Gasteiger partial charge in [-0.2, -0.15) is 8.78 Å². The molecule has 0 N–H and O–H groups in total. The van der Waals surface area contributed by atoms with E-state index >= 15 is 0 Å². The van der Waals surface area contributed by atoms with E-state index in [0.29, 0.717) is 6.92 Å².